The highest BCUT2D eigenvalue weighted by atomic mass is 16.2. The van der Waals surface area contributed by atoms with Crippen LogP contribution in [-0.2, 0) is 4.79 Å². The molecule has 4 amide bonds. The largest absolute Gasteiger partial charge is 0.338 e. The number of nitrogens with zero attached hydrogens (tertiary/aromatic N) is 1. The van der Waals surface area contributed by atoms with Gasteiger partial charge in [-0.15, -0.1) is 0 Å². The molecule has 2 atom stereocenters. The average molecular weight is 437 g/mol. The lowest BCUT2D eigenvalue weighted by atomic mass is 9.91. The zero-order chi connectivity index (χ0) is 23.1. The fourth-order valence-corrected chi connectivity index (χ4v) is 4.10. The Balaban J connectivity index is 1.52. The lowest BCUT2D eigenvalue weighted by Crippen LogP contribution is -2.42. The van der Waals surface area contributed by atoms with Gasteiger partial charge in [0.05, 0.1) is 0 Å². The van der Waals surface area contributed by atoms with Crippen molar-refractivity contribution in [2.45, 2.75) is 33.6 Å². The molecule has 0 radical (unpaired) electrons. The Hall–Kier alpha value is -3.35. The predicted octanol–water partition coefficient (Wildman–Crippen LogP) is 4.26. The normalized spacial score (nSPS) is 18.0. The molecule has 7 nitrogen and oxygen atoms in total. The molecule has 170 valence electrons. The molecule has 0 aliphatic carbocycles. The first-order valence-electron chi connectivity index (χ1n) is 11.1. The summed E-state index contributed by atoms with van der Waals surface area (Å²) in [7, 11) is 0. The monoisotopic (exact) mass is 436 g/mol. The number of benzene rings is 2. The van der Waals surface area contributed by atoms with Gasteiger partial charge >= 0.3 is 6.03 Å². The average Bonchev–Trinajstić information content (AvgIpc) is 2.75. The number of amides is 4. The van der Waals surface area contributed by atoms with E-state index in [1.54, 1.807) is 18.2 Å². The first kappa shape index (κ1) is 23.3. The highest BCUT2D eigenvalue weighted by molar-refractivity contribution is 5.98. The van der Waals surface area contributed by atoms with Crippen molar-refractivity contribution in [3.05, 3.63) is 59.7 Å². The van der Waals surface area contributed by atoms with Gasteiger partial charge in [0.1, 0.15) is 0 Å². The summed E-state index contributed by atoms with van der Waals surface area (Å²) in [6, 6.07) is 14.1. The number of likely N-dealkylation sites (tertiary alicyclic amines) is 1. The fraction of sp³-hybridized carbons (Fsp3) is 0.400. The number of rotatable bonds is 6. The number of anilines is 2. The molecular weight excluding hydrogens is 404 g/mol. The minimum atomic E-state index is -0.363. The second-order valence-corrected chi connectivity index (χ2v) is 8.73. The van der Waals surface area contributed by atoms with Crippen LogP contribution in [0.4, 0.5) is 16.2 Å². The van der Waals surface area contributed by atoms with Crippen molar-refractivity contribution in [2.24, 2.45) is 11.8 Å². The highest BCUT2D eigenvalue weighted by Crippen LogP contribution is 2.24. The summed E-state index contributed by atoms with van der Waals surface area (Å²) in [6.45, 7) is 7.95. The minimum absolute atomic E-state index is 0.00171. The Morgan fingerprint density at radius 1 is 0.969 bits per heavy atom. The molecule has 2 aromatic carbocycles. The number of para-hydroxylation sites is 1. The summed E-state index contributed by atoms with van der Waals surface area (Å²) in [4.78, 5) is 39.2. The van der Waals surface area contributed by atoms with Crippen LogP contribution >= 0.6 is 0 Å². The number of urea groups is 1. The topological polar surface area (TPSA) is 90.5 Å². The van der Waals surface area contributed by atoms with Gasteiger partial charge < -0.3 is 20.9 Å². The standard InChI is InChI=1S/C25H32N4O3/c1-17-13-18(2)16-29(15-17)24(31)20-10-9-19(3)22(14-20)28-23(30)11-12-26-25(32)27-21-7-5-4-6-8-21/h4-10,14,17-18H,11-13,15-16H2,1-3H3,(H,28,30)(H2,26,27,32). The number of nitrogens with one attached hydrogen (secondary N) is 3. The summed E-state index contributed by atoms with van der Waals surface area (Å²) in [5.41, 5.74) is 2.76. The van der Waals surface area contributed by atoms with Gasteiger partial charge in [0.25, 0.3) is 5.91 Å². The van der Waals surface area contributed by atoms with Gasteiger partial charge in [0.2, 0.25) is 5.91 Å². The van der Waals surface area contributed by atoms with Crippen molar-refractivity contribution < 1.29 is 14.4 Å². The predicted molar refractivity (Wildman–Crippen MR) is 127 cm³/mol. The van der Waals surface area contributed by atoms with Gasteiger partial charge in [0, 0.05) is 43.0 Å². The number of carbonyl (C=O) groups is 3. The van der Waals surface area contributed by atoms with E-state index >= 15 is 0 Å². The van der Waals surface area contributed by atoms with E-state index < -0.39 is 0 Å². The van der Waals surface area contributed by atoms with E-state index in [9.17, 15) is 14.4 Å². The van der Waals surface area contributed by atoms with E-state index in [1.807, 2.05) is 42.2 Å². The summed E-state index contributed by atoms with van der Waals surface area (Å²) in [5, 5.41) is 8.25. The molecule has 0 aromatic heterocycles. The van der Waals surface area contributed by atoms with Crippen LogP contribution in [0.2, 0.25) is 0 Å². The molecule has 0 spiro atoms. The first-order valence-corrected chi connectivity index (χ1v) is 11.1. The smallest absolute Gasteiger partial charge is 0.319 e. The Kier molecular flexibility index (Phi) is 7.87. The van der Waals surface area contributed by atoms with Crippen LogP contribution < -0.4 is 16.0 Å². The third kappa shape index (κ3) is 6.57. The second-order valence-electron chi connectivity index (χ2n) is 8.73. The van der Waals surface area contributed by atoms with Crippen LogP contribution in [0.5, 0.6) is 0 Å². The summed E-state index contributed by atoms with van der Waals surface area (Å²) < 4.78 is 0. The van der Waals surface area contributed by atoms with Crippen molar-refractivity contribution >= 4 is 29.2 Å². The van der Waals surface area contributed by atoms with Gasteiger partial charge in [0.15, 0.2) is 0 Å². The molecule has 32 heavy (non-hydrogen) atoms. The number of hydrogen-bond acceptors (Lipinski definition) is 3. The van der Waals surface area contributed by atoms with Crippen molar-refractivity contribution in [1.82, 2.24) is 10.2 Å². The molecule has 1 aliphatic heterocycles. The molecule has 1 heterocycles. The number of aryl methyl sites for hydroxylation is 1. The Labute approximate surface area is 189 Å². The molecule has 0 bridgehead atoms. The maximum Gasteiger partial charge on any atom is 0.319 e. The van der Waals surface area contributed by atoms with Crippen LogP contribution in [0.1, 0.15) is 42.6 Å². The third-order valence-electron chi connectivity index (χ3n) is 5.58. The molecule has 3 N–H and O–H groups in total. The highest BCUT2D eigenvalue weighted by Gasteiger charge is 2.26. The van der Waals surface area contributed by atoms with Crippen molar-refractivity contribution in [2.75, 3.05) is 30.3 Å². The molecule has 3 rings (SSSR count). The van der Waals surface area contributed by atoms with Crippen LogP contribution in [0.15, 0.2) is 48.5 Å². The van der Waals surface area contributed by atoms with E-state index in [0.717, 1.165) is 25.1 Å². The van der Waals surface area contributed by atoms with Gasteiger partial charge in [-0.1, -0.05) is 38.1 Å². The molecule has 7 heteroatoms. The van der Waals surface area contributed by atoms with Crippen molar-refractivity contribution in [1.29, 1.82) is 0 Å². The molecular formula is C25H32N4O3. The summed E-state index contributed by atoms with van der Waals surface area (Å²) in [5.74, 6) is 0.744. The molecule has 1 fully saturated rings. The Morgan fingerprint density at radius 3 is 2.34 bits per heavy atom. The lowest BCUT2D eigenvalue weighted by Gasteiger charge is -2.35. The van der Waals surface area contributed by atoms with E-state index in [0.29, 0.717) is 28.8 Å². The van der Waals surface area contributed by atoms with Crippen molar-refractivity contribution in [3.8, 4) is 0 Å². The first-order chi connectivity index (χ1) is 15.3. The van der Waals surface area contributed by atoms with Crippen LogP contribution in [0, 0.1) is 18.8 Å². The van der Waals surface area contributed by atoms with E-state index in [1.165, 1.54) is 0 Å². The zero-order valence-electron chi connectivity index (χ0n) is 19.0. The van der Waals surface area contributed by atoms with Gasteiger partial charge in [-0.3, -0.25) is 9.59 Å². The summed E-state index contributed by atoms with van der Waals surface area (Å²) >= 11 is 0. The SMILES string of the molecule is Cc1ccc(C(=O)N2CC(C)CC(C)C2)cc1NC(=O)CCNC(=O)Nc1ccccc1. The molecule has 0 saturated carbocycles. The van der Waals surface area contributed by atoms with Gasteiger partial charge in [-0.25, -0.2) is 4.79 Å². The quantitative estimate of drug-likeness (QED) is 0.632. The molecule has 2 unspecified atom stereocenters. The summed E-state index contributed by atoms with van der Waals surface area (Å²) in [6.07, 6.45) is 1.26. The van der Waals surface area contributed by atoms with E-state index in [-0.39, 0.29) is 30.8 Å². The molecule has 1 saturated heterocycles. The maximum atomic E-state index is 13.0. The van der Waals surface area contributed by atoms with Gasteiger partial charge in [-0.05, 0) is 55.0 Å². The number of hydrogen-bond donors (Lipinski definition) is 3. The fourth-order valence-electron chi connectivity index (χ4n) is 4.10. The Morgan fingerprint density at radius 2 is 1.66 bits per heavy atom. The van der Waals surface area contributed by atoms with Crippen LogP contribution in [0.3, 0.4) is 0 Å². The molecule has 1 aliphatic rings. The van der Waals surface area contributed by atoms with E-state index in [2.05, 4.69) is 29.8 Å². The van der Waals surface area contributed by atoms with Gasteiger partial charge in [-0.2, -0.15) is 0 Å². The maximum absolute atomic E-state index is 13.0. The van der Waals surface area contributed by atoms with E-state index in [4.69, 9.17) is 0 Å². The molecule has 2 aromatic rings. The van der Waals surface area contributed by atoms with Crippen LogP contribution in [-0.4, -0.2) is 42.4 Å². The Bertz CT molecular complexity index is 951. The number of carbonyl (C=O) groups excluding carboxylic acids is 3. The van der Waals surface area contributed by atoms with Crippen LogP contribution in [0.25, 0.3) is 0 Å². The second kappa shape index (κ2) is 10.8. The third-order valence-corrected chi connectivity index (χ3v) is 5.58. The van der Waals surface area contributed by atoms with Crippen molar-refractivity contribution in [3.63, 3.8) is 0 Å². The number of piperidine rings is 1. The lowest BCUT2D eigenvalue weighted by molar-refractivity contribution is -0.116. The minimum Gasteiger partial charge on any atom is -0.338 e. The zero-order valence-corrected chi connectivity index (χ0v) is 19.0.